The number of aromatic amines is 1. The van der Waals surface area contributed by atoms with Gasteiger partial charge in [0.25, 0.3) is 5.91 Å². The number of nitrogens with zero attached hydrogens (tertiary/aromatic N) is 3. The molecule has 1 unspecified atom stereocenters. The van der Waals surface area contributed by atoms with Crippen molar-refractivity contribution in [3.05, 3.63) is 89.8 Å². The molecule has 1 aliphatic rings. The van der Waals surface area contributed by atoms with E-state index in [4.69, 9.17) is 9.47 Å². The Kier molecular flexibility index (Phi) is 11.1. The van der Waals surface area contributed by atoms with Crippen molar-refractivity contribution in [2.75, 3.05) is 56.5 Å². The van der Waals surface area contributed by atoms with Gasteiger partial charge in [-0.3, -0.25) is 19.6 Å². The summed E-state index contributed by atoms with van der Waals surface area (Å²) in [6.45, 7) is 8.08. The van der Waals surface area contributed by atoms with Gasteiger partial charge < -0.3 is 35.5 Å². The van der Waals surface area contributed by atoms with E-state index in [1.807, 2.05) is 11.8 Å². The Balaban J connectivity index is 1.11. The Bertz CT molecular complexity index is 1690. The first-order valence-corrected chi connectivity index (χ1v) is 15.2. The molecule has 0 bridgehead atoms. The second-order valence-electron chi connectivity index (χ2n) is 10.9. The van der Waals surface area contributed by atoms with Crippen molar-refractivity contribution in [2.24, 2.45) is 0 Å². The third kappa shape index (κ3) is 9.10. The van der Waals surface area contributed by atoms with Gasteiger partial charge in [0.05, 0.1) is 28.3 Å². The van der Waals surface area contributed by atoms with Crippen LogP contribution in [-0.4, -0.2) is 89.1 Å². The van der Waals surface area contributed by atoms with Crippen LogP contribution in [0.5, 0.6) is 11.5 Å². The first-order chi connectivity index (χ1) is 22.7. The molecule has 248 valence electrons. The van der Waals surface area contributed by atoms with Crippen LogP contribution in [0.4, 0.5) is 25.0 Å². The predicted octanol–water partition coefficient (Wildman–Crippen LogP) is 4.76. The molecule has 0 radical (unpaired) electrons. The number of aromatic nitrogens is 2. The molecule has 0 spiro atoms. The molecule has 1 aliphatic heterocycles. The highest BCUT2D eigenvalue weighted by Crippen LogP contribution is 2.28. The lowest BCUT2D eigenvalue weighted by Gasteiger charge is -2.36. The van der Waals surface area contributed by atoms with Crippen LogP contribution in [0.15, 0.2) is 67.0 Å². The number of hydrogen-bond donors (Lipinski definition) is 5. The summed E-state index contributed by atoms with van der Waals surface area (Å²) in [5, 5.41) is 17.6. The molecule has 3 amide bonds. The zero-order valence-corrected chi connectivity index (χ0v) is 26.1. The van der Waals surface area contributed by atoms with Crippen LogP contribution in [0, 0.1) is 18.6 Å². The van der Waals surface area contributed by atoms with Crippen LogP contribution < -0.4 is 20.7 Å². The van der Waals surface area contributed by atoms with Gasteiger partial charge in [-0.1, -0.05) is 6.07 Å². The Morgan fingerprint density at radius 1 is 0.979 bits per heavy atom. The Labute approximate surface area is 270 Å². The number of nitrogens with one attached hydrogen (secondary N) is 4. The number of halogens is 2. The van der Waals surface area contributed by atoms with Gasteiger partial charge in [-0.2, -0.15) is 0 Å². The number of benzene rings is 2. The van der Waals surface area contributed by atoms with Crippen LogP contribution in [0.3, 0.4) is 0 Å². The number of urea groups is 1. The molecule has 12 nitrogen and oxygen atoms in total. The van der Waals surface area contributed by atoms with Gasteiger partial charge in [-0.15, -0.1) is 0 Å². The minimum Gasteiger partial charge on any atom is -0.457 e. The summed E-state index contributed by atoms with van der Waals surface area (Å²) in [5.74, 6) is -1.04. The molecule has 4 aromatic rings. The zero-order valence-electron chi connectivity index (χ0n) is 26.1. The number of carbonyl (C=O) groups is 2. The van der Waals surface area contributed by atoms with Crippen molar-refractivity contribution in [3.63, 3.8) is 0 Å². The van der Waals surface area contributed by atoms with Crippen LogP contribution >= 0.6 is 0 Å². The van der Waals surface area contributed by atoms with Crippen molar-refractivity contribution < 1.29 is 33.0 Å². The number of anilines is 2. The molecule has 0 saturated carbocycles. The lowest BCUT2D eigenvalue weighted by atomic mass is 10.2. The number of aliphatic hydroxyl groups is 1. The number of aryl methyl sites for hydroxylation is 1. The summed E-state index contributed by atoms with van der Waals surface area (Å²) in [5.41, 5.74) is 2.16. The van der Waals surface area contributed by atoms with Gasteiger partial charge in [0.2, 0.25) is 6.41 Å². The number of piperazine rings is 1. The van der Waals surface area contributed by atoms with E-state index in [0.29, 0.717) is 55.5 Å². The molecule has 2 aromatic heterocycles. The lowest BCUT2D eigenvalue weighted by Crippen LogP contribution is -2.52. The summed E-state index contributed by atoms with van der Waals surface area (Å²) in [6, 6.07) is 12.3. The van der Waals surface area contributed by atoms with Crippen LogP contribution in [0.2, 0.25) is 0 Å². The van der Waals surface area contributed by atoms with Crippen molar-refractivity contribution in [1.29, 1.82) is 0 Å². The maximum Gasteiger partial charge on any atom is 0.323 e. The molecule has 5 rings (SSSR count). The highest BCUT2D eigenvalue weighted by molar-refractivity contribution is 6.00. The molecule has 0 aliphatic carbocycles. The van der Waals surface area contributed by atoms with Gasteiger partial charge in [0.1, 0.15) is 23.1 Å². The number of hydrogen-bond acceptors (Lipinski definition) is 8. The molecule has 2 aromatic carbocycles. The van der Waals surface area contributed by atoms with Crippen LogP contribution in [-0.2, 0) is 4.74 Å². The molecule has 14 heteroatoms. The van der Waals surface area contributed by atoms with E-state index in [0.717, 1.165) is 24.7 Å². The van der Waals surface area contributed by atoms with Crippen molar-refractivity contribution in [3.8, 4) is 22.9 Å². The fourth-order valence-electron chi connectivity index (χ4n) is 4.99. The normalized spacial score (nSPS) is 14.4. The van der Waals surface area contributed by atoms with E-state index in [2.05, 4.69) is 30.8 Å². The van der Waals surface area contributed by atoms with Gasteiger partial charge in [-0.25, -0.2) is 13.6 Å². The SMILES string of the molecule is CCOC(O)N1CCN(CCNC(=O)c2c[nH]c(-c3cc(Oc4ccc(NC(=O)Nc5cc(C)ccc5F)c(F)c4)ccn3)c2)CC1. The molecule has 1 fully saturated rings. The lowest BCUT2D eigenvalue weighted by molar-refractivity contribution is -0.198. The minimum atomic E-state index is -0.885. The summed E-state index contributed by atoms with van der Waals surface area (Å²) >= 11 is 0. The van der Waals surface area contributed by atoms with E-state index < -0.39 is 24.1 Å². The first kappa shape index (κ1) is 33.5. The highest BCUT2D eigenvalue weighted by atomic mass is 19.1. The highest BCUT2D eigenvalue weighted by Gasteiger charge is 2.22. The number of amides is 3. The van der Waals surface area contributed by atoms with Gasteiger partial charge in [-0.05, 0) is 55.8 Å². The third-order valence-corrected chi connectivity index (χ3v) is 7.50. The summed E-state index contributed by atoms with van der Waals surface area (Å²) < 4.78 is 39.8. The molecule has 1 atom stereocenters. The maximum atomic E-state index is 14.8. The monoisotopic (exact) mass is 649 g/mol. The Morgan fingerprint density at radius 2 is 1.74 bits per heavy atom. The standard InChI is InChI=1S/C33H37F2N7O5/c1-3-46-33(45)42-14-12-41(13-15-42)11-10-37-31(43)22-17-29(38-20-22)30-19-24(8-9-36-30)47-23-5-7-27(26(35)18-23)39-32(44)40-28-16-21(2)4-6-25(28)34/h4-9,16-20,33,38,45H,3,10-15H2,1-2H3,(H,37,43)(H2,39,40,44). The predicted molar refractivity (Wildman–Crippen MR) is 172 cm³/mol. The molecule has 3 heterocycles. The van der Waals surface area contributed by atoms with E-state index in [-0.39, 0.29) is 23.0 Å². The summed E-state index contributed by atoms with van der Waals surface area (Å²) in [6.07, 6.45) is 2.24. The maximum absolute atomic E-state index is 14.8. The number of ether oxygens (including phenoxy) is 2. The Morgan fingerprint density at radius 3 is 2.51 bits per heavy atom. The van der Waals surface area contributed by atoms with E-state index >= 15 is 0 Å². The van der Waals surface area contributed by atoms with Gasteiger partial charge >= 0.3 is 6.03 Å². The van der Waals surface area contributed by atoms with Crippen molar-refractivity contribution >= 4 is 23.3 Å². The molecule has 47 heavy (non-hydrogen) atoms. The first-order valence-electron chi connectivity index (χ1n) is 15.2. The summed E-state index contributed by atoms with van der Waals surface area (Å²) in [4.78, 5) is 36.6. The van der Waals surface area contributed by atoms with E-state index in [1.54, 1.807) is 37.4 Å². The van der Waals surface area contributed by atoms with Crippen molar-refractivity contribution in [1.82, 2.24) is 25.1 Å². The zero-order chi connectivity index (χ0) is 33.3. The molecule has 1 saturated heterocycles. The Hall–Kier alpha value is -4.89. The third-order valence-electron chi connectivity index (χ3n) is 7.50. The molecular formula is C33H37F2N7O5. The van der Waals surface area contributed by atoms with Gasteiger partial charge in [0, 0.05) is 70.4 Å². The number of rotatable bonds is 12. The van der Waals surface area contributed by atoms with E-state index in [9.17, 15) is 23.5 Å². The summed E-state index contributed by atoms with van der Waals surface area (Å²) in [7, 11) is 0. The molecule has 5 N–H and O–H groups in total. The number of aliphatic hydroxyl groups excluding tert-OH is 1. The second kappa shape index (κ2) is 15.6. The number of pyridine rings is 1. The number of H-pyrrole nitrogens is 1. The topological polar surface area (TPSA) is 144 Å². The minimum absolute atomic E-state index is 0.0206. The fourth-order valence-corrected chi connectivity index (χ4v) is 4.99. The van der Waals surface area contributed by atoms with E-state index in [1.165, 1.54) is 30.5 Å². The quantitative estimate of drug-likeness (QED) is 0.138. The molecular weight excluding hydrogens is 612 g/mol. The fraction of sp³-hybridized carbons (Fsp3) is 0.303. The smallest absolute Gasteiger partial charge is 0.323 e. The largest absolute Gasteiger partial charge is 0.457 e. The van der Waals surface area contributed by atoms with Gasteiger partial charge in [0.15, 0.2) is 0 Å². The average molecular weight is 650 g/mol. The van der Waals surface area contributed by atoms with Crippen LogP contribution in [0.1, 0.15) is 22.8 Å². The average Bonchev–Trinajstić information content (AvgIpc) is 3.56. The second-order valence-corrected chi connectivity index (χ2v) is 10.9. The number of carbonyl (C=O) groups excluding carboxylic acids is 2. The van der Waals surface area contributed by atoms with Crippen molar-refractivity contribution in [2.45, 2.75) is 20.3 Å². The van der Waals surface area contributed by atoms with Crippen LogP contribution in [0.25, 0.3) is 11.4 Å².